The lowest BCUT2D eigenvalue weighted by Crippen LogP contribution is -2.03. The molecule has 0 N–H and O–H groups in total. The van der Waals surface area contributed by atoms with E-state index in [9.17, 15) is 18.0 Å². The third-order valence-corrected chi connectivity index (χ3v) is 2.95. The second kappa shape index (κ2) is 6.39. The van der Waals surface area contributed by atoms with Gasteiger partial charge in [0.25, 0.3) is 0 Å². The predicted molar refractivity (Wildman–Crippen MR) is 75.9 cm³/mol. The topological polar surface area (TPSA) is 17.1 Å². The van der Waals surface area contributed by atoms with Crippen molar-refractivity contribution in [1.29, 1.82) is 0 Å². The van der Waals surface area contributed by atoms with Crippen molar-refractivity contribution in [2.24, 2.45) is 0 Å². The van der Waals surface area contributed by atoms with Crippen molar-refractivity contribution in [1.82, 2.24) is 0 Å². The van der Waals surface area contributed by atoms with Gasteiger partial charge in [-0.15, -0.1) is 0 Å². The molecule has 0 heterocycles. The molecule has 0 saturated carbocycles. The zero-order valence-electron chi connectivity index (χ0n) is 11.1. The minimum Gasteiger partial charge on any atom is -0.294 e. The molecule has 21 heavy (non-hydrogen) atoms. The lowest BCUT2D eigenvalue weighted by atomic mass is 10.1. The average molecular weight is 290 g/mol. The summed E-state index contributed by atoms with van der Waals surface area (Å²) in [7, 11) is 0. The van der Waals surface area contributed by atoms with Crippen LogP contribution in [0, 0.1) is 0 Å². The molecule has 0 aliphatic heterocycles. The third-order valence-electron chi connectivity index (χ3n) is 2.95. The van der Waals surface area contributed by atoms with Gasteiger partial charge in [0, 0.05) is 12.0 Å². The fourth-order valence-corrected chi connectivity index (χ4v) is 1.83. The Morgan fingerprint density at radius 2 is 1.57 bits per heavy atom. The van der Waals surface area contributed by atoms with Crippen LogP contribution in [0.3, 0.4) is 0 Å². The molecule has 2 aromatic carbocycles. The second-order valence-electron chi connectivity index (χ2n) is 4.52. The van der Waals surface area contributed by atoms with E-state index in [0.717, 1.165) is 12.1 Å². The Morgan fingerprint density at radius 3 is 2.14 bits per heavy atom. The van der Waals surface area contributed by atoms with Gasteiger partial charge >= 0.3 is 6.18 Å². The van der Waals surface area contributed by atoms with Crippen LogP contribution in [0.25, 0.3) is 6.08 Å². The van der Waals surface area contributed by atoms with Gasteiger partial charge < -0.3 is 0 Å². The first kappa shape index (κ1) is 15.0. The highest BCUT2D eigenvalue weighted by molar-refractivity contribution is 5.97. The molecule has 2 rings (SSSR count). The van der Waals surface area contributed by atoms with Gasteiger partial charge in [-0.25, -0.2) is 0 Å². The first-order valence-corrected chi connectivity index (χ1v) is 6.39. The van der Waals surface area contributed by atoms with Gasteiger partial charge in [0.15, 0.2) is 5.78 Å². The lowest BCUT2D eigenvalue weighted by Gasteiger charge is -2.05. The van der Waals surface area contributed by atoms with Crippen LogP contribution in [0.1, 0.15) is 27.9 Å². The Bertz CT molecular complexity index is 625. The number of carbonyl (C=O) groups excluding carboxylic acids is 1. The summed E-state index contributed by atoms with van der Waals surface area (Å²) in [5.74, 6) is -0.0289. The quantitative estimate of drug-likeness (QED) is 0.725. The van der Waals surface area contributed by atoms with Gasteiger partial charge in [-0.05, 0) is 17.7 Å². The van der Waals surface area contributed by atoms with Crippen molar-refractivity contribution in [3.63, 3.8) is 0 Å². The van der Waals surface area contributed by atoms with Crippen LogP contribution < -0.4 is 0 Å². The average Bonchev–Trinajstić information content (AvgIpc) is 2.47. The number of rotatable bonds is 4. The number of alkyl halides is 3. The number of ketones is 1. The van der Waals surface area contributed by atoms with Crippen LogP contribution in [0.2, 0.25) is 0 Å². The summed E-state index contributed by atoms with van der Waals surface area (Å²) < 4.78 is 37.2. The Hall–Kier alpha value is -2.36. The number of carbonyl (C=O) groups is 1. The molecule has 0 unspecified atom stereocenters. The molecule has 1 nitrogen and oxygen atoms in total. The molecule has 4 heteroatoms. The molecule has 0 radical (unpaired) electrons. The van der Waals surface area contributed by atoms with Crippen molar-refractivity contribution in [3.05, 3.63) is 77.4 Å². The molecule has 0 amide bonds. The molecule has 0 bridgehead atoms. The van der Waals surface area contributed by atoms with E-state index in [-0.39, 0.29) is 12.2 Å². The number of Topliss-reactive ketones (excluding diaryl/α,β-unsaturated/α-hetero) is 1. The Labute approximate surface area is 120 Å². The molecule has 108 valence electrons. The summed E-state index contributed by atoms with van der Waals surface area (Å²) >= 11 is 0. The monoisotopic (exact) mass is 290 g/mol. The van der Waals surface area contributed by atoms with Gasteiger partial charge in [-0.2, -0.15) is 13.2 Å². The normalized spacial score (nSPS) is 11.8. The van der Waals surface area contributed by atoms with Gasteiger partial charge in [0.05, 0.1) is 5.56 Å². The maximum Gasteiger partial charge on any atom is 0.416 e. The van der Waals surface area contributed by atoms with E-state index < -0.39 is 11.7 Å². The van der Waals surface area contributed by atoms with E-state index >= 15 is 0 Å². The standard InChI is InChI=1S/C17H13F3O/c18-17(19,20)15-11-9-13(10-12-15)5-4-8-16(21)14-6-2-1-3-7-14/h1-7,9-12H,8H2/b5-4+. The molecule has 0 aromatic heterocycles. The summed E-state index contributed by atoms with van der Waals surface area (Å²) in [6.07, 6.45) is -0.824. The second-order valence-corrected chi connectivity index (χ2v) is 4.52. The van der Waals surface area contributed by atoms with E-state index in [1.165, 1.54) is 12.1 Å². The first-order valence-electron chi connectivity index (χ1n) is 6.39. The SMILES string of the molecule is O=C(C/C=C/c1ccc(C(F)(F)F)cc1)c1ccccc1. The maximum atomic E-state index is 12.4. The molecule has 0 atom stereocenters. The summed E-state index contributed by atoms with van der Waals surface area (Å²) in [6, 6.07) is 13.7. The minimum absolute atomic E-state index is 0.0289. The van der Waals surface area contributed by atoms with Crippen LogP contribution in [-0.2, 0) is 6.18 Å². The molecule has 0 saturated heterocycles. The first-order chi connectivity index (χ1) is 9.97. The molecule has 0 aliphatic rings. The van der Waals surface area contributed by atoms with E-state index in [2.05, 4.69) is 0 Å². The summed E-state index contributed by atoms with van der Waals surface area (Å²) in [5, 5.41) is 0. The van der Waals surface area contributed by atoms with Gasteiger partial charge in [-0.3, -0.25) is 4.79 Å². The molecule has 0 aliphatic carbocycles. The number of benzene rings is 2. The summed E-state index contributed by atoms with van der Waals surface area (Å²) in [6.45, 7) is 0. The maximum absolute atomic E-state index is 12.4. The fourth-order valence-electron chi connectivity index (χ4n) is 1.83. The Morgan fingerprint density at radius 1 is 0.952 bits per heavy atom. The zero-order chi connectivity index (χ0) is 15.3. The van der Waals surface area contributed by atoms with Crippen LogP contribution >= 0.6 is 0 Å². The highest BCUT2D eigenvalue weighted by Gasteiger charge is 2.29. The van der Waals surface area contributed by atoms with Crippen LogP contribution in [-0.4, -0.2) is 5.78 Å². The van der Waals surface area contributed by atoms with Crippen molar-refractivity contribution < 1.29 is 18.0 Å². The van der Waals surface area contributed by atoms with E-state index in [1.807, 2.05) is 6.07 Å². The molecular formula is C17H13F3O. The fraction of sp³-hybridized carbons (Fsp3) is 0.118. The Balaban J connectivity index is 1.97. The lowest BCUT2D eigenvalue weighted by molar-refractivity contribution is -0.137. The zero-order valence-corrected chi connectivity index (χ0v) is 11.1. The summed E-state index contributed by atoms with van der Waals surface area (Å²) in [4.78, 5) is 11.8. The van der Waals surface area contributed by atoms with Crippen molar-refractivity contribution in [2.45, 2.75) is 12.6 Å². The van der Waals surface area contributed by atoms with Crippen LogP contribution in [0.4, 0.5) is 13.2 Å². The van der Waals surface area contributed by atoms with Crippen molar-refractivity contribution in [2.75, 3.05) is 0 Å². The number of hydrogen-bond donors (Lipinski definition) is 0. The number of allylic oxidation sites excluding steroid dienone is 1. The molecule has 0 spiro atoms. The summed E-state index contributed by atoms with van der Waals surface area (Å²) in [5.41, 5.74) is 0.568. The minimum atomic E-state index is -4.33. The molecule has 0 fully saturated rings. The van der Waals surface area contributed by atoms with Crippen molar-refractivity contribution in [3.8, 4) is 0 Å². The van der Waals surface area contributed by atoms with Crippen LogP contribution in [0.15, 0.2) is 60.7 Å². The van der Waals surface area contributed by atoms with Crippen molar-refractivity contribution >= 4 is 11.9 Å². The number of halogens is 3. The van der Waals surface area contributed by atoms with Gasteiger partial charge in [0.2, 0.25) is 0 Å². The third kappa shape index (κ3) is 4.31. The van der Waals surface area contributed by atoms with E-state index in [0.29, 0.717) is 11.1 Å². The molecule has 2 aromatic rings. The van der Waals surface area contributed by atoms with Gasteiger partial charge in [0.1, 0.15) is 0 Å². The largest absolute Gasteiger partial charge is 0.416 e. The smallest absolute Gasteiger partial charge is 0.294 e. The van der Waals surface area contributed by atoms with Crippen LogP contribution in [0.5, 0.6) is 0 Å². The highest BCUT2D eigenvalue weighted by atomic mass is 19.4. The van der Waals surface area contributed by atoms with E-state index in [4.69, 9.17) is 0 Å². The highest BCUT2D eigenvalue weighted by Crippen LogP contribution is 2.29. The van der Waals surface area contributed by atoms with E-state index in [1.54, 1.807) is 36.4 Å². The predicted octanol–water partition coefficient (Wildman–Crippen LogP) is 4.99. The van der Waals surface area contributed by atoms with Gasteiger partial charge in [-0.1, -0.05) is 54.6 Å². The number of hydrogen-bond acceptors (Lipinski definition) is 1. The Kier molecular flexibility index (Phi) is 4.58. The molecular weight excluding hydrogens is 277 g/mol.